The number of pyridine rings is 1. The number of aryl methyl sites for hydroxylation is 1. The first-order valence-electron chi connectivity index (χ1n) is 6.02. The number of aromatic nitrogens is 1. The maximum absolute atomic E-state index is 13.6. The van der Waals surface area contributed by atoms with Crippen molar-refractivity contribution in [2.45, 2.75) is 13.0 Å². The van der Waals surface area contributed by atoms with Crippen LogP contribution < -0.4 is 5.73 Å². The van der Waals surface area contributed by atoms with Crippen LogP contribution in [0.2, 0.25) is 0 Å². The molecule has 96 valence electrons. The predicted molar refractivity (Wildman–Crippen MR) is 71.2 cm³/mol. The maximum Gasteiger partial charge on any atom is 0.169 e. The Morgan fingerprint density at radius 3 is 2.84 bits per heavy atom. The van der Waals surface area contributed by atoms with Crippen LogP contribution in [0.5, 0.6) is 0 Å². The van der Waals surface area contributed by atoms with Crippen LogP contribution in [-0.4, -0.2) is 4.98 Å². The van der Waals surface area contributed by atoms with Gasteiger partial charge in [-0.3, -0.25) is 4.98 Å². The molecule has 1 aromatic carbocycles. The minimum Gasteiger partial charge on any atom is -0.456 e. The van der Waals surface area contributed by atoms with Crippen molar-refractivity contribution in [2.75, 3.05) is 0 Å². The Bertz CT molecular complexity index is 736. The molecule has 19 heavy (non-hydrogen) atoms. The Balaban J connectivity index is 2.10. The number of hydrogen-bond donors (Lipinski definition) is 1. The molecule has 0 saturated carbocycles. The summed E-state index contributed by atoms with van der Waals surface area (Å²) in [5.41, 5.74) is 8.14. The summed E-state index contributed by atoms with van der Waals surface area (Å²) < 4.78 is 19.1. The van der Waals surface area contributed by atoms with Crippen molar-refractivity contribution in [3.63, 3.8) is 0 Å². The lowest BCUT2D eigenvalue weighted by atomic mass is 10.0. The van der Waals surface area contributed by atoms with Gasteiger partial charge in [-0.05, 0) is 30.7 Å². The molecule has 4 heteroatoms. The molecule has 0 spiro atoms. The van der Waals surface area contributed by atoms with E-state index in [2.05, 4.69) is 4.98 Å². The molecule has 0 amide bonds. The highest BCUT2D eigenvalue weighted by atomic mass is 19.1. The van der Waals surface area contributed by atoms with Crippen LogP contribution in [0, 0.1) is 12.7 Å². The number of para-hydroxylation sites is 1. The number of rotatable bonds is 2. The molecule has 1 atom stereocenters. The number of hydrogen-bond acceptors (Lipinski definition) is 3. The molecule has 0 fully saturated rings. The third kappa shape index (κ3) is 2.00. The van der Waals surface area contributed by atoms with Crippen LogP contribution >= 0.6 is 0 Å². The summed E-state index contributed by atoms with van der Waals surface area (Å²) in [6.45, 7) is 1.89. The SMILES string of the molecule is Cc1ncccc1C(N)c1cc2cccc(F)c2o1. The molecule has 3 aromatic rings. The summed E-state index contributed by atoms with van der Waals surface area (Å²) in [7, 11) is 0. The van der Waals surface area contributed by atoms with Gasteiger partial charge < -0.3 is 10.2 Å². The van der Waals surface area contributed by atoms with E-state index in [-0.39, 0.29) is 11.4 Å². The van der Waals surface area contributed by atoms with Crippen molar-refractivity contribution in [2.24, 2.45) is 5.73 Å². The molecule has 0 radical (unpaired) electrons. The van der Waals surface area contributed by atoms with Gasteiger partial charge in [-0.1, -0.05) is 18.2 Å². The Hall–Kier alpha value is -2.20. The van der Waals surface area contributed by atoms with Crippen molar-refractivity contribution in [1.82, 2.24) is 4.98 Å². The maximum atomic E-state index is 13.6. The number of fused-ring (bicyclic) bond motifs is 1. The van der Waals surface area contributed by atoms with Gasteiger partial charge in [0.25, 0.3) is 0 Å². The standard InChI is InChI=1S/C15H13FN2O/c1-9-11(5-3-7-18-9)14(17)13-8-10-4-2-6-12(16)15(10)19-13/h2-8,14H,17H2,1H3. The molecule has 0 aliphatic carbocycles. The van der Waals surface area contributed by atoms with Gasteiger partial charge in [0, 0.05) is 17.3 Å². The monoisotopic (exact) mass is 256 g/mol. The van der Waals surface area contributed by atoms with Gasteiger partial charge in [0.1, 0.15) is 5.76 Å². The summed E-state index contributed by atoms with van der Waals surface area (Å²) in [5.74, 6) is 0.162. The van der Waals surface area contributed by atoms with E-state index in [1.165, 1.54) is 6.07 Å². The van der Waals surface area contributed by atoms with E-state index in [0.29, 0.717) is 11.1 Å². The van der Waals surface area contributed by atoms with Crippen LogP contribution in [0.15, 0.2) is 47.0 Å². The Kier molecular flexibility index (Phi) is 2.80. The second kappa shape index (κ2) is 4.48. The first-order chi connectivity index (χ1) is 9.16. The molecule has 1 unspecified atom stereocenters. The molecular weight excluding hydrogens is 243 g/mol. The van der Waals surface area contributed by atoms with Gasteiger partial charge >= 0.3 is 0 Å². The molecule has 0 aliphatic heterocycles. The van der Waals surface area contributed by atoms with E-state index >= 15 is 0 Å². The molecule has 0 bridgehead atoms. The lowest BCUT2D eigenvalue weighted by Gasteiger charge is -2.10. The van der Waals surface area contributed by atoms with Crippen LogP contribution in [0.4, 0.5) is 4.39 Å². The minimum atomic E-state index is -0.444. The van der Waals surface area contributed by atoms with Crippen LogP contribution in [0.25, 0.3) is 11.0 Å². The van der Waals surface area contributed by atoms with E-state index in [1.807, 2.05) is 19.1 Å². The summed E-state index contributed by atoms with van der Waals surface area (Å²) >= 11 is 0. The molecular formula is C15H13FN2O. The zero-order valence-electron chi connectivity index (χ0n) is 10.4. The fraction of sp³-hybridized carbons (Fsp3) is 0.133. The molecule has 2 N–H and O–H groups in total. The first-order valence-corrected chi connectivity index (χ1v) is 6.02. The number of nitrogens with two attached hydrogens (primary N) is 1. The number of nitrogens with zero attached hydrogens (tertiary/aromatic N) is 1. The van der Waals surface area contributed by atoms with Gasteiger partial charge in [0.15, 0.2) is 11.4 Å². The quantitative estimate of drug-likeness (QED) is 0.765. The van der Waals surface area contributed by atoms with Crippen molar-refractivity contribution < 1.29 is 8.81 Å². The van der Waals surface area contributed by atoms with Crippen molar-refractivity contribution in [3.8, 4) is 0 Å². The largest absolute Gasteiger partial charge is 0.456 e. The van der Waals surface area contributed by atoms with E-state index in [0.717, 1.165) is 11.3 Å². The van der Waals surface area contributed by atoms with Crippen LogP contribution in [0.3, 0.4) is 0 Å². The zero-order chi connectivity index (χ0) is 13.4. The third-order valence-electron chi connectivity index (χ3n) is 3.20. The average molecular weight is 256 g/mol. The van der Waals surface area contributed by atoms with E-state index in [1.54, 1.807) is 24.4 Å². The molecule has 3 rings (SSSR count). The number of benzene rings is 1. The Labute approximate surface area is 109 Å². The number of halogens is 1. The van der Waals surface area contributed by atoms with Crippen LogP contribution in [0.1, 0.15) is 23.1 Å². The molecule has 3 nitrogen and oxygen atoms in total. The van der Waals surface area contributed by atoms with E-state index in [9.17, 15) is 4.39 Å². The van der Waals surface area contributed by atoms with Gasteiger partial charge in [-0.2, -0.15) is 0 Å². The van der Waals surface area contributed by atoms with Gasteiger partial charge in [0.05, 0.1) is 6.04 Å². The topological polar surface area (TPSA) is 52.0 Å². The number of furan rings is 1. The Morgan fingerprint density at radius 2 is 2.11 bits per heavy atom. The highest BCUT2D eigenvalue weighted by Crippen LogP contribution is 2.28. The predicted octanol–water partition coefficient (Wildman–Crippen LogP) is 3.32. The minimum absolute atomic E-state index is 0.245. The van der Waals surface area contributed by atoms with Gasteiger partial charge in [-0.15, -0.1) is 0 Å². The highest BCUT2D eigenvalue weighted by molar-refractivity contribution is 5.78. The Morgan fingerprint density at radius 1 is 1.26 bits per heavy atom. The van der Waals surface area contributed by atoms with Gasteiger partial charge in [-0.25, -0.2) is 4.39 Å². The second-order valence-electron chi connectivity index (χ2n) is 4.46. The summed E-state index contributed by atoms with van der Waals surface area (Å²) in [4.78, 5) is 4.20. The van der Waals surface area contributed by atoms with Crippen molar-refractivity contribution in [3.05, 3.63) is 65.4 Å². The van der Waals surface area contributed by atoms with E-state index < -0.39 is 6.04 Å². The summed E-state index contributed by atoms with van der Waals surface area (Å²) in [5, 5.41) is 0.715. The zero-order valence-corrected chi connectivity index (χ0v) is 10.4. The van der Waals surface area contributed by atoms with Crippen molar-refractivity contribution >= 4 is 11.0 Å². The molecule has 2 heterocycles. The fourth-order valence-electron chi connectivity index (χ4n) is 2.18. The smallest absolute Gasteiger partial charge is 0.169 e. The molecule has 0 saturated heterocycles. The summed E-state index contributed by atoms with van der Waals surface area (Å²) in [6, 6.07) is 9.88. The lowest BCUT2D eigenvalue weighted by Crippen LogP contribution is -2.12. The van der Waals surface area contributed by atoms with Gasteiger partial charge in [0.2, 0.25) is 0 Å². The first kappa shape index (κ1) is 11.9. The van der Waals surface area contributed by atoms with Crippen LogP contribution in [-0.2, 0) is 0 Å². The molecule has 2 aromatic heterocycles. The second-order valence-corrected chi connectivity index (χ2v) is 4.46. The fourth-order valence-corrected chi connectivity index (χ4v) is 2.18. The van der Waals surface area contributed by atoms with E-state index in [4.69, 9.17) is 10.2 Å². The summed E-state index contributed by atoms with van der Waals surface area (Å²) in [6.07, 6.45) is 1.71. The molecule has 0 aliphatic rings. The average Bonchev–Trinajstić information content (AvgIpc) is 2.84. The van der Waals surface area contributed by atoms with Crippen molar-refractivity contribution in [1.29, 1.82) is 0 Å². The lowest BCUT2D eigenvalue weighted by molar-refractivity contribution is 0.501. The normalized spacial score (nSPS) is 12.8. The highest BCUT2D eigenvalue weighted by Gasteiger charge is 2.17. The third-order valence-corrected chi connectivity index (χ3v) is 3.20.